The van der Waals surface area contributed by atoms with Gasteiger partial charge < -0.3 is 20.3 Å². The van der Waals surface area contributed by atoms with E-state index in [1.807, 2.05) is 0 Å². The first-order valence-electron chi connectivity index (χ1n) is 7.26. The predicted molar refractivity (Wildman–Crippen MR) is 99.9 cm³/mol. The number of amides is 1. The third-order valence-electron chi connectivity index (χ3n) is 3.33. The average Bonchev–Trinajstić information content (AvgIpc) is 3.06. The molecule has 144 valence electrons. The highest BCUT2D eigenvalue weighted by Gasteiger charge is 2.26. The zero-order valence-electron chi connectivity index (χ0n) is 14.3. The summed E-state index contributed by atoms with van der Waals surface area (Å²) >= 11 is 0.986. The fourth-order valence-corrected chi connectivity index (χ4v) is 4.51. The number of nitrogens with two attached hydrogens (primary N) is 1. The summed E-state index contributed by atoms with van der Waals surface area (Å²) in [6.07, 6.45) is 2.07. The number of carboxylic acids is 1. The molecule has 0 radical (unpaired) electrons. The van der Waals surface area contributed by atoms with Gasteiger partial charge in [0.05, 0.1) is 19.8 Å². The zero-order valence-corrected chi connectivity index (χ0v) is 15.9. The van der Waals surface area contributed by atoms with Gasteiger partial charge in [-0.25, -0.2) is 13.2 Å². The number of carbonyl (C=O) groups is 2. The second-order valence-corrected chi connectivity index (χ2v) is 7.63. The van der Waals surface area contributed by atoms with E-state index < -0.39 is 21.9 Å². The minimum atomic E-state index is -4.21. The molecule has 0 aliphatic carbocycles. The van der Waals surface area contributed by atoms with Gasteiger partial charge in [0, 0.05) is 6.08 Å². The molecule has 0 atom stereocenters. The first kappa shape index (κ1) is 20.3. The van der Waals surface area contributed by atoms with E-state index >= 15 is 0 Å². The van der Waals surface area contributed by atoms with Crippen molar-refractivity contribution < 1.29 is 32.6 Å². The molecule has 1 amide bonds. The van der Waals surface area contributed by atoms with E-state index in [1.54, 1.807) is 0 Å². The average molecular weight is 412 g/mol. The van der Waals surface area contributed by atoms with Crippen LogP contribution in [0.1, 0.15) is 15.9 Å². The van der Waals surface area contributed by atoms with Crippen molar-refractivity contribution in [2.45, 2.75) is 4.90 Å². The number of primary amides is 1. The molecular weight excluding hydrogens is 396 g/mol. The first-order valence-corrected chi connectivity index (χ1v) is 9.63. The summed E-state index contributed by atoms with van der Waals surface area (Å²) in [7, 11) is -1.63. The minimum Gasteiger partial charge on any atom is -0.493 e. The van der Waals surface area contributed by atoms with Crippen LogP contribution < -0.4 is 19.9 Å². The molecule has 0 aliphatic heterocycles. The third kappa shape index (κ3) is 4.57. The maximum atomic E-state index is 12.9. The fraction of sp³-hybridized carbons (Fsp3) is 0.125. The Kier molecular flexibility index (Phi) is 6.08. The summed E-state index contributed by atoms with van der Waals surface area (Å²) in [6.45, 7) is 0. The molecule has 0 saturated carbocycles. The number of aliphatic carboxylic acids is 1. The Morgan fingerprint density at radius 2 is 1.96 bits per heavy atom. The van der Waals surface area contributed by atoms with Gasteiger partial charge in [0.2, 0.25) is 0 Å². The maximum absolute atomic E-state index is 12.9. The van der Waals surface area contributed by atoms with Gasteiger partial charge in [-0.3, -0.25) is 9.52 Å². The lowest BCUT2D eigenvalue weighted by Crippen LogP contribution is -2.18. The number of carboxylic acid groups (broad SMARTS) is 1. The van der Waals surface area contributed by atoms with Crippen LogP contribution in [0.4, 0.5) is 5.00 Å². The molecule has 1 heterocycles. The van der Waals surface area contributed by atoms with Gasteiger partial charge in [-0.15, -0.1) is 11.3 Å². The number of benzene rings is 1. The molecule has 0 bridgehead atoms. The lowest BCUT2D eigenvalue weighted by Gasteiger charge is -2.15. The SMILES string of the molecule is COc1cc(C=CC(=O)O)cc(S(=O)(=O)Nc2sccc2C(N)=O)c1OC. The summed E-state index contributed by atoms with van der Waals surface area (Å²) in [5.74, 6) is -1.96. The Morgan fingerprint density at radius 1 is 1.26 bits per heavy atom. The number of methoxy groups -OCH3 is 2. The largest absolute Gasteiger partial charge is 0.493 e. The van der Waals surface area contributed by atoms with Crippen LogP contribution in [0.25, 0.3) is 6.08 Å². The lowest BCUT2D eigenvalue weighted by molar-refractivity contribution is -0.131. The molecule has 0 aliphatic rings. The van der Waals surface area contributed by atoms with Gasteiger partial charge in [0.1, 0.15) is 9.90 Å². The molecule has 1 aromatic carbocycles. The maximum Gasteiger partial charge on any atom is 0.328 e. The molecular formula is C16H16N2O7S2. The van der Waals surface area contributed by atoms with Crippen molar-refractivity contribution in [1.29, 1.82) is 0 Å². The van der Waals surface area contributed by atoms with Crippen molar-refractivity contribution in [3.8, 4) is 11.5 Å². The topological polar surface area (TPSA) is 145 Å². The number of ether oxygens (including phenoxy) is 2. The van der Waals surface area contributed by atoms with Gasteiger partial charge in [0.25, 0.3) is 15.9 Å². The Morgan fingerprint density at radius 3 is 2.52 bits per heavy atom. The highest BCUT2D eigenvalue weighted by Crippen LogP contribution is 2.37. The van der Waals surface area contributed by atoms with E-state index in [1.165, 1.54) is 43.9 Å². The fourth-order valence-electron chi connectivity index (χ4n) is 2.17. The van der Waals surface area contributed by atoms with Crippen molar-refractivity contribution in [2.75, 3.05) is 18.9 Å². The van der Waals surface area contributed by atoms with E-state index in [0.29, 0.717) is 0 Å². The quantitative estimate of drug-likeness (QED) is 0.560. The zero-order chi connectivity index (χ0) is 20.2. The smallest absolute Gasteiger partial charge is 0.328 e. The Labute approximate surface area is 159 Å². The predicted octanol–water partition coefficient (Wildman–Crippen LogP) is 1.76. The van der Waals surface area contributed by atoms with Crippen molar-refractivity contribution in [2.24, 2.45) is 5.73 Å². The molecule has 4 N–H and O–H groups in total. The van der Waals surface area contributed by atoms with Crippen LogP contribution in [0, 0.1) is 0 Å². The standard InChI is InChI=1S/C16H16N2O7S2/c1-24-11-7-9(3-4-13(19)20)8-12(14(11)25-2)27(22,23)18-16-10(15(17)21)5-6-26-16/h3-8,18H,1-2H3,(H2,17,21)(H,19,20). The molecule has 0 spiro atoms. The second-order valence-electron chi connectivity index (χ2n) is 5.06. The van der Waals surface area contributed by atoms with Crippen LogP contribution in [0.3, 0.4) is 0 Å². The Hall–Kier alpha value is -3.05. The van der Waals surface area contributed by atoms with Crippen LogP contribution in [0.5, 0.6) is 11.5 Å². The Bertz CT molecular complexity index is 1010. The molecule has 11 heteroatoms. The van der Waals surface area contributed by atoms with Crippen molar-refractivity contribution in [3.63, 3.8) is 0 Å². The molecule has 2 rings (SSSR count). The van der Waals surface area contributed by atoms with Crippen molar-refractivity contribution in [1.82, 2.24) is 0 Å². The number of carbonyl (C=O) groups excluding carboxylic acids is 1. The van der Waals surface area contributed by atoms with E-state index in [0.717, 1.165) is 17.4 Å². The van der Waals surface area contributed by atoms with Gasteiger partial charge in [0.15, 0.2) is 11.5 Å². The molecule has 0 saturated heterocycles. The molecule has 0 fully saturated rings. The van der Waals surface area contributed by atoms with E-state index in [4.69, 9.17) is 20.3 Å². The molecule has 2 aromatic rings. The van der Waals surface area contributed by atoms with E-state index in [-0.39, 0.29) is 32.5 Å². The number of hydrogen-bond acceptors (Lipinski definition) is 7. The van der Waals surface area contributed by atoms with Crippen molar-refractivity contribution in [3.05, 3.63) is 40.8 Å². The van der Waals surface area contributed by atoms with E-state index in [9.17, 15) is 18.0 Å². The number of thiophene rings is 1. The van der Waals surface area contributed by atoms with Crippen LogP contribution in [0.15, 0.2) is 34.6 Å². The highest BCUT2D eigenvalue weighted by molar-refractivity contribution is 7.93. The van der Waals surface area contributed by atoms with E-state index in [2.05, 4.69) is 4.72 Å². The van der Waals surface area contributed by atoms with Crippen LogP contribution in [-0.2, 0) is 14.8 Å². The number of sulfonamides is 1. The summed E-state index contributed by atoms with van der Waals surface area (Å²) < 4.78 is 38.4. The summed E-state index contributed by atoms with van der Waals surface area (Å²) in [5, 5.41) is 10.3. The van der Waals surface area contributed by atoms with Crippen molar-refractivity contribution >= 4 is 44.3 Å². The number of nitrogens with one attached hydrogen (secondary N) is 1. The Balaban J connectivity index is 2.59. The summed E-state index contributed by atoms with van der Waals surface area (Å²) in [4.78, 5) is 21.9. The summed E-state index contributed by atoms with van der Waals surface area (Å²) in [5.41, 5.74) is 5.52. The van der Waals surface area contributed by atoms with Crippen LogP contribution in [0.2, 0.25) is 0 Å². The lowest BCUT2D eigenvalue weighted by atomic mass is 10.2. The van der Waals surface area contributed by atoms with Gasteiger partial charge in [-0.2, -0.15) is 0 Å². The molecule has 9 nitrogen and oxygen atoms in total. The molecule has 1 aromatic heterocycles. The second kappa shape index (κ2) is 8.10. The molecule has 27 heavy (non-hydrogen) atoms. The van der Waals surface area contributed by atoms with Gasteiger partial charge in [-0.05, 0) is 35.2 Å². The normalized spacial score (nSPS) is 11.3. The van der Waals surface area contributed by atoms with Gasteiger partial charge in [-0.1, -0.05) is 0 Å². The number of rotatable bonds is 8. The number of anilines is 1. The monoisotopic (exact) mass is 412 g/mol. The molecule has 0 unspecified atom stereocenters. The van der Waals surface area contributed by atoms with Crippen LogP contribution >= 0.6 is 11.3 Å². The van der Waals surface area contributed by atoms with Gasteiger partial charge >= 0.3 is 5.97 Å². The minimum absolute atomic E-state index is 0.0245. The van der Waals surface area contributed by atoms with Crippen LogP contribution in [-0.4, -0.2) is 39.6 Å². The first-order chi connectivity index (χ1) is 12.7. The highest BCUT2D eigenvalue weighted by atomic mass is 32.2. The third-order valence-corrected chi connectivity index (χ3v) is 5.65. The number of hydrogen-bond donors (Lipinski definition) is 3. The summed E-state index contributed by atoms with van der Waals surface area (Å²) in [6, 6.07) is 4.05.